The second-order valence-corrected chi connectivity index (χ2v) is 3.88. The minimum Gasteiger partial charge on any atom is -0.278 e. The molecule has 1 aromatic rings. The second-order valence-electron chi connectivity index (χ2n) is 2.93. The van der Waals surface area contributed by atoms with Gasteiger partial charge in [0.25, 0.3) is 5.91 Å². The number of hydrogen-bond donors (Lipinski definition) is 0. The molecular weight excluding hydrogens is 186 g/mol. The van der Waals surface area contributed by atoms with Crippen molar-refractivity contribution in [2.24, 2.45) is 0 Å². The van der Waals surface area contributed by atoms with Crippen LogP contribution in [0.4, 0.5) is 0 Å². The molecule has 1 aliphatic rings. The number of rotatable bonds is 1. The number of nitrogens with zero attached hydrogens (tertiary/aromatic N) is 1. The molecule has 0 aromatic carbocycles. The van der Waals surface area contributed by atoms with Crippen molar-refractivity contribution in [1.29, 1.82) is 0 Å². The second kappa shape index (κ2) is 3.30. The smallest absolute Gasteiger partial charge is 0.270 e. The van der Waals surface area contributed by atoms with Crippen LogP contribution in [0, 0.1) is 0 Å². The SMILES string of the molecule is O=C1CCCN1C(=O)c1cccs1. The van der Waals surface area contributed by atoms with Crippen LogP contribution < -0.4 is 0 Å². The summed E-state index contributed by atoms with van der Waals surface area (Å²) in [6.45, 7) is 0.579. The molecule has 0 spiro atoms. The Morgan fingerprint density at radius 3 is 2.92 bits per heavy atom. The van der Waals surface area contributed by atoms with Gasteiger partial charge in [0.1, 0.15) is 0 Å². The highest BCUT2D eigenvalue weighted by molar-refractivity contribution is 7.12. The Labute approximate surface area is 80.0 Å². The van der Waals surface area contributed by atoms with Crippen LogP contribution in [-0.2, 0) is 4.79 Å². The van der Waals surface area contributed by atoms with Gasteiger partial charge in [0.05, 0.1) is 4.88 Å². The molecule has 2 amide bonds. The third-order valence-electron chi connectivity index (χ3n) is 2.05. The number of likely N-dealkylation sites (tertiary alicyclic amines) is 1. The largest absolute Gasteiger partial charge is 0.278 e. The van der Waals surface area contributed by atoms with Crippen molar-refractivity contribution in [2.45, 2.75) is 12.8 Å². The summed E-state index contributed by atoms with van der Waals surface area (Å²) in [6.07, 6.45) is 1.31. The molecule has 0 aliphatic carbocycles. The fourth-order valence-electron chi connectivity index (χ4n) is 1.40. The van der Waals surface area contributed by atoms with Gasteiger partial charge >= 0.3 is 0 Å². The lowest BCUT2D eigenvalue weighted by atomic mass is 10.4. The topological polar surface area (TPSA) is 37.4 Å². The van der Waals surface area contributed by atoms with Crippen LogP contribution in [0.25, 0.3) is 0 Å². The maximum Gasteiger partial charge on any atom is 0.270 e. The summed E-state index contributed by atoms with van der Waals surface area (Å²) in [6, 6.07) is 3.57. The van der Waals surface area contributed by atoms with Crippen LogP contribution in [0.15, 0.2) is 17.5 Å². The van der Waals surface area contributed by atoms with Gasteiger partial charge in [-0.3, -0.25) is 14.5 Å². The lowest BCUT2D eigenvalue weighted by Gasteiger charge is -2.11. The van der Waals surface area contributed by atoms with E-state index in [1.54, 1.807) is 6.07 Å². The lowest BCUT2D eigenvalue weighted by Crippen LogP contribution is -2.31. The summed E-state index contributed by atoms with van der Waals surface area (Å²) in [4.78, 5) is 24.8. The summed E-state index contributed by atoms with van der Waals surface area (Å²) in [7, 11) is 0. The van der Waals surface area contributed by atoms with Crippen molar-refractivity contribution in [3.05, 3.63) is 22.4 Å². The Morgan fingerprint density at radius 1 is 1.54 bits per heavy atom. The normalized spacial score (nSPS) is 16.6. The van der Waals surface area contributed by atoms with Crippen LogP contribution in [0.3, 0.4) is 0 Å². The van der Waals surface area contributed by atoms with E-state index in [0.717, 1.165) is 6.42 Å². The van der Waals surface area contributed by atoms with Gasteiger partial charge in [0, 0.05) is 13.0 Å². The van der Waals surface area contributed by atoms with Crippen LogP contribution in [0.2, 0.25) is 0 Å². The predicted molar refractivity (Wildman–Crippen MR) is 49.6 cm³/mol. The molecule has 0 unspecified atom stereocenters. The Bertz CT molecular complexity index is 331. The van der Waals surface area contributed by atoms with Crippen molar-refractivity contribution in [1.82, 2.24) is 4.90 Å². The van der Waals surface area contributed by atoms with E-state index in [2.05, 4.69) is 0 Å². The Morgan fingerprint density at radius 2 is 2.38 bits per heavy atom. The molecule has 0 radical (unpaired) electrons. The third-order valence-corrected chi connectivity index (χ3v) is 2.91. The highest BCUT2D eigenvalue weighted by Crippen LogP contribution is 2.17. The molecule has 13 heavy (non-hydrogen) atoms. The first-order valence-electron chi connectivity index (χ1n) is 4.17. The predicted octanol–water partition coefficient (Wildman–Crippen LogP) is 1.51. The molecule has 1 saturated heterocycles. The monoisotopic (exact) mass is 195 g/mol. The quantitative estimate of drug-likeness (QED) is 0.637. The number of imide groups is 1. The van der Waals surface area contributed by atoms with E-state index in [1.165, 1.54) is 16.2 Å². The first kappa shape index (κ1) is 8.44. The van der Waals surface area contributed by atoms with Gasteiger partial charge in [-0.2, -0.15) is 0 Å². The lowest BCUT2D eigenvalue weighted by molar-refractivity contribution is -0.125. The highest BCUT2D eigenvalue weighted by Gasteiger charge is 2.27. The van der Waals surface area contributed by atoms with E-state index in [9.17, 15) is 9.59 Å². The Kier molecular flexibility index (Phi) is 2.14. The summed E-state index contributed by atoms with van der Waals surface area (Å²) in [5, 5.41) is 1.84. The van der Waals surface area contributed by atoms with Crippen LogP contribution in [-0.4, -0.2) is 23.3 Å². The van der Waals surface area contributed by atoms with E-state index < -0.39 is 0 Å². The molecule has 68 valence electrons. The maximum atomic E-state index is 11.6. The molecule has 0 bridgehead atoms. The summed E-state index contributed by atoms with van der Waals surface area (Å²) in [5.74, 6) is -0.184. The molecule has 3 nitrogen and oxygen atoms in total. The van der Waals surface area contributed by atoms with Gasteiger partial charge in [-0.05, 0) is 17.9 Å². The van der Waals surface area contributed by atoms with Crippen LogP contribution >= 0.6 is 11.3 Å². The van der Waals surface area contributed by atoms with E-state index >= 15 is 0 Å². The minimum atomic E-state index is -0.141. The molecule has 1 aromatic heterocycles. The van der Waals surface area contributed by atoms with Crippen molar-refractivity contribution in [3.63, 3.8) is 0 Å². The van der Waals surface area contributed by atoms with Crippen LogP contribution in [0.5, 0.6) is 0 Å². The average molecular weight is 195 g/mol. The molecule has 1 aliphatic heterocycles. The van der Waals surface area contributed by atoms with E-state index in [1.807, 2.05) is 11.4 Å². The molecule has 1 fully saturated rings. The summed E-state index contributed by atoms with van der Waals surface area (Å²) in [5.41, 5.74) is 0. The molecule has 2 heterocycles. The zero-order valence-electron chi connectivity index (χ0n) is 7.03. The summed E-state index contributed by atoms with van der Waals surface area (Å²) >= 11 is 1.38. The molecular formula is C9H9NO2S. The van der Waals surface area contributed by atoms with Gasteiger partial charge in [-0.15, -0.1) is 11.3 Å². The van der Waals surface area contributed by atoms with Gasteiger partial charge in [-0.1, -0.05) is 6.07 Å². The zero-order valence-corrected chi connectivity index (χ0v) is 7.84. The van der Waals surface area contributed by atoms with Crippen molar-refractivity contribution in [3.8, 4) is 0 Å². The summed E-state index contributed by atoms with van der Waals surface area (Å²) < 4.78 is 0. The highest BCUT2D eigenvalue weighted by atomic mass is 32.1. The first-order valence-corrected chi connectivity index (χ1v) is 5.05. The molecule has 2 rings (SSSR count). The molecule has 0 saturated carbocycles. The zero-order chi connectivity index (χ0) is 9.26. The standard InChI is InChI=1S/C9H9NO2S/c11-8-4-1-5-10(8)9(12)7-3-2-6-13-7/h2-3,6H,1,4-5H2. The average Bonchev–Trinajstić information content (AvgIpc) is 2.72. The van der Waals surface area contributed by atoms with E-state index in [4.69, 9.17) is 0 Å². The number of thiophene rings is 1. The molecule has 0 N–H and O–H groups in total. The van der Waals surface area contributed by atoms with Crippen molar-refractivity contribution < 1.29 is 9.59 Å². The fourth-order valence-corrected chi connectivity index (χ4v) is 2.07. The van der Waals surface area contributed by atoms with Gasteiger partial charge in [0.15, 0.2) is 0 Å². The van der Waals surface area contributed by atoms with E-state index in [-0.39, 0.29) is 11.8 Å². The Balaban J connectivity index is 2.18. The first-order chi connectivity index (χ1) is 6.29. The van der Waals surface area contributed by atoms with Gasteiger partial charge < -0.3 is 0 Å². The minimum absolute atomic E-state index is 0.0431. The molecule has 0 atom stereocenters. The van der Waals surface area contributed by atoms with Gasteiger partial charge in [-0.25, -0.2) is 0 Å². The number of hydrogen-bond acceptors (Lipinski definition) is 3. The van der Waals surface area contributed by atoms with Crippen molar-refractivity contribution >= 4 is 23.2 Å². The number of carbonyl (C=O) groups is 2. The number of carbonyl (C=O) groups excluding carboxylic acids is 2. The van der Waals surface area contributed by atoms with Gasteiger partial charge in [0.2, 0.25) is 5.91 Å². The third kappa shape index (κ3) is 1.49. The fraction of sp³-hybridized carbons (Fsp3) is 0.333. The van der Waals surface area contributed by atoms with Crippen LogP contribution in [0.1, 0.15) is 22.5 Å². The number of amides is 2. The van der Waals surface area contributed by atoms with E-state index in [0.29, 0.717) is 17.8 Å². The van der Waals surface area contributed by atoms with Crippen molar-refractivity contribution in [2.75, 3.05) is 6.54 Å². The molecule has 4 heteroatoms. The Hall–Kier alpha value is -1.16. The maximum absolute atomic E-state index is 11.6.